The Balaban J connectivity index is 1.87. The standard InChI is InChI=1S/C17H25N3O2/c1-18-10-5-9-16(21)19-11-6-12-20(14-13-19)17(22)15-7-3-2-4-8-15/h2-4,7-8,18H,5-6,9-14H2,1H3. The van der Waals surface area contributed by atoms with Gasteiger partial charge in [0.25, 0.3) is 5.91 Å². The molecule has 0 spiro atoms. The zero-order valence-electron chi connectivity index (χ0n) is 13.3. The van der Waals surface area contributed by atoms with Gasteiger partial charge >= 0.3 is 0 Å². The van der Waals surface area contributed by atoms with Gasteiger partial charge in [-0.1, -0.05) is 18.2 Å². The van der Waals surface area contributed by atoms with Crippen molar-refractivity contribution >= 4 is 11.8 Å². The predicted octanol–water partition coefficient (Wildman–Crippen LogP) is 1.36. The van der Waals surface area contributed by atoms with Gasteiger partial charge in [-0.15, -0.1) is 0 Å². The number of hydrogen-bond acceptors (Lipinski definition) is 3. The van der Waals surface area contributed by atoms with Crippen molar-refractivity contribution in [1.29, 1.82) is 0 Å². The molecule has 2 rings (SSSR count). The van der Waals surface area contributed by atoms with Crippen molar-refractivity contribution in [3.8, 4) is 0 Å². The van der Waals surface area contributed by atoms with E-state index in [-0.39, 0.29) is 11.8 Å². The maximum absolute atomic E-state index is 12.5. The van der Waals surface area contributed by atoms with Crippen LogP contribution in [0.25, 0.3) is 0 Å². The second-order valence-corrected chi connectivity index (χ2v) is 5.60. The van der Waals surface area contributed by atoms with Gasteiger partial charge < -0.3 is 15.1 Å². The third-order valence-corrected chi connectivity index (χ3v) is 3.97. The van der Waals surface area contributed by atoms with Crippen LogP contribution in [0.2, 0.25) is 0 Å². The topological polar surface area (TPSA) is 52.7 Å². The van der Waals surface area contributed by atoms with Gasteiger partial charge in [0.2, 0.25) is 5.91 Å². The SMILES string of the molecule is CNCCCC(=O)N1CCCN(C(=O)c2ccccc2)CC1. The van der Waals surface area contributed by atoms with Crippen LogP contribution in [0.5, 0.6) is 0 Å². The highest BCUT2D eigenvalue weighted by Gasteiger charge is 2.22. The summed E-state index contributed by atoms with van der Waals surface area (Å²) in [6.07, 6.45) is 2.28. The van der Waals surface area contributed by atoms with Crippen LogP contribution in [0.3, 0.4) is 0 Å². The molecule has 2 amide bonds. The summed E-state index contributed by atoms with van der Waals surface area (Å²) in [5, 5.41) is 3.05. The molecule has 1 fully saturated rings. The molecule has 1 aromatic rings. The Kier molecular flexibility index (Phi) is 6.40. The summed E-state index contributed by atoms with van der Waals surface area (Å²) in [5.41, 5.74) is 0.719. The normalized spacial score (nSPS) is 15.5. The molecule has 22 heavy (non-hydrogen) atoms. The van der Waals surface area contributed by atoms with Crippen molar-refractivity contribution in [2.24, 2.45) is 0 Å². The number of nitrogens with zero attached hydrogens (tertiary/aromatic N) is 2. The van der Waals surface area contributed by atoms with E-state index in [1.165, 1.54) is 0 Å². The van der Waals surface area contributed by atoms with Gasteiger partial charge in [-0.25, -0.2) is 0 Å². The summed E-state index contributed by atoms with van der Waals surface area (Å²) in [7, 11) is 1.89. The Morgan fingerprint density at radius 1 is 1.05 bits per heavy atom. The van der Waals surface area contributed by atoms with Crippen molar-refractivity contribution < 1.29 is 9.59 Å². The van der Waals surface area contributed by atoms with Crippen LogP contribution < -0.4 is 5.32 Å². The largest absolute Gasteiger partial charge is 0.341 e. The minimum absolute atomic E-state index is 0.0603. The first-order valence-corrected chi connectivity index (χ1v) is 7.99. The molecule has 0 aliphatic carbocycles. The molecule has 120 valence electrons. The highest BCUT2D eigenvalue weighted by atomic mass is 16.2. The third kappa shape index (κ3) is 4.56. The quantitative estimate of drug-likeness (QED) is 0.836. The van der Waals surface area contributed by atoms with Crippen molar-refractivity contribution in [3.63, 3.8) is 0 Å². The number of benzene rings is 1. The fraction of sp³-hybridized carbons (Fsp3) is 0.529. The monoisotopic (exact) mass is 303 g/mol. The summed E-state index contributed by atoms with van der Waals surface area (Å²) < 4.78 is 0. The Hall–Kier alpha value is -1.88. The Morgan fingerprint density at radius 2 is 1.73 bits per heavy atom. The van der Waals surface area contributed by atoms with E-state index in [1.54, 1.807) is 0 Å². The molecule has 1 saturated heterocycles. The molecular formula is C17H25N3O2. The minimum Gasteiger partial charge on any atom is -0.341 e. The molecule has 1 aliphatic rings. The van der Waals surface area contributed by atoms with E-state index in [4.69, 9.17) is 0 Å². The van der Waals surface area contributed by atoms with E-state index in [0.717, 1.165) is 31.5 Å². The molecule has 1 aliphatic heterocycles. The molecule has 0 bridgehead atoms. The summed E-state index contributed by atoms with van der Waals surface area (Å²) >= 11 is 0. The molecule has 0 unspecified atom stereocenters. The molecule has 5 nitrogen and oxygen atoms in total. The lowest BCUT2D eigenvalue weighted by Crippen LogP contribution is -2.37. The highest BCUT2D eigenvalue weighted by molar-refractivity contribution is 5.94. The zero-order chi connectivity index (χ0) is 15.8. The molecule has 1 N–H and O–H groups in total. The van der Waals surface area contributed by atoms with E-state index in [0.29, 0.717) is 26.1 Å². The van der Waals surface area contributed by atoms with Crippen LogP contribution in [-0.2, 0) is 4.79 Å². The van der Waals surface area contributed by atoms with Crippen molar-refractivity contribution in [3.05, 3.63) is 35.9 Å². The maximum atomic E-state index is 12.5. The lowest BCUT2D eigenvalue weighted by molar-refractivity contribution is -0.131. The van der Waals surface area contributed by atoms with Gasteiger partial charge in [-0.2, -0.15) is 0 Å². The Morgan fingerprint density at radius 3 is 2.45 bits per heavy atom. The average Bonchev–Trinajstić information content (AvgIpc) is 2.81. The van der Waals surface area contributed by atoms with Crippen molar-refractivity contribution in [2.75, 3.05) is 39.8 Å². The summed E-state index contributed by atoms with van der Waals surface area (Å²) in [4.78, 5) is 28.4. The van der Waals surface area contributed by atoms with E-state index in [2.05, 4.69) is 5.32 Å². The lowest BCUT2D eigenvalue weighted by Gasteiger charge is -2.22. The van der Waals surface area contributed by atoms with Crippen molar-refractivity contribution in [1.82, 2.24) is 15.1 Å². The lowest BCUT2D eigenvalue weighted by atomic mass is 10.2. The minimum atomic E-state index is 0.0603. The number of hydrogen-bond donors (Lipinski definition) is 1. The van der Waals surface area contributed by atoms with Gasteiger partial charge in [0, 0.05) is 38.2 Å². The van der Waals surface area contributed by atoms with E-state index in [9.17, 15) is 9.59 Å². The van der Waals surface area contributed by atoms with E-state index >= 15 is 0 Å². The first-order chi connectivity index (χ1) is 10.7. The van der Waals surface area contributed by atoms with Crippen LogP contribution in [-0.4, -0.2) is 61.4 Å². The van der Waals surface area contributed by atoms with Crippen LogP contribution in [0.4, 0.5) is 0 Å². The van der Waals surface area contributed by atoms with Crippen LogP contribution in [0, 0.1) is 0 Å². The first kappa shape index (κ1) is 16.5. The molecule has 5 heteroatoms. The zero-order valence-corrected chi connectivity index (χ0v) is 13.3. The predicted molar refractivity (Wildman–Crippen MR) is 86.7 cm³/mol. The van der Waals surface area contributed by atoms with Gasteiger partial charge in [-0.05, 0) is 38.6 Å². The van der Waals surface area contributed by atoms with Gasteiger partial charge in [0.05, 0.1) is 0 Å². The van der Waals surface area contributed by atoms with Gasteiger partial charge in [0.15, 0.2) is 0 Å². The fourth-order valence-corrected chi connectivity index (χ4v) is 2.71. The maximum Gasteiger partial charge on any atom is 0.253 e. The van der Waals surface area contributed by atoms with Crippen LogP contribution >= 0.6 is 0 Å². The van der Waals surface area contributed by atoms with E-state index in [1.807, 2.05) is 47.2 Å². The number of carbonyl (C=O) groups is 2. The molecule has 0 atom stereocenters. The molecule has 1 heterocycles. The van der Waals surface area contributed by atoms with Gasteiger partial charge in [-0.3, -0.25) is 9.59 Å². The highest BCUT2D eigenvalue weighted by Crippen LogP contribution is 2.10. The van der Waals surface area contributed by atoms with Crippen LogP contribution in [0.1, 0.15) is 29.6 Å². The summed E-state index contributed by atoms with van der Waals surface area (Å²) in [6.45, 7) is 3.58. The number of rotatable bonds is 5. The third-order valence-electron chi connectivity index (χ3n) is 3.97. The van der Waals surface area contributed by atoms with E-state index < -0.39 is 0 Å². The number of carbonyl (C=O) groups excluding carboxylic acids is 2. The Bertz CT molecular complexity index is 490. The second-order valence-electron chi connectivity index (χ2n) is 5.60. The molecule has 1 aromatic carbocycles. The molecule has 0 radical (unpaired) electrons. The molecular weight excluding hydrogens is 278 g/mol. The number of nitrogens with one attached hydrogen (secondary N) is 1. The van der Waals surface area contributed by atoms with Gasteiger partial charge in [0.1, 0.15) is 0 Å². The second kappa shape index (κ2) is 8.54. The summed E-state index contributed by atoms with van der Waals surface area (Å²) in [6, 6.07) is 9.35. The number of amides is 2. The smallest absolute Gasteiger partial charge is 0.253 e. The average molecular weight is 303 g/mol. The van der Waals surface area contributed by atoms with Crippen molar-refractivity contribution in [2.45, 2.75) is 19.3 Å². The molecule has 0 aromatic heterocycles. The first-order valence-electron chi connectivity index (χ1n) is 7.99. The Labute approximate surface area is 132 Å². The molecule has 0 saturated carbocycles. The fourth-order valence-electron chi connectivity index (χ4n) is 2.71. The summed E-state index contributed by atoms with van der Waals surface area (Å²) in [5.74, 6) is 0.259. The van der Waals surface area contributed by atoms with Crippen LogP contribution in [0.15, 0.2) is 30.3 Å².